The molecule has 0 spiro atoms. The van der Waals surface area contributed by atoms with E-state index in [0.29, 0.717) is 5.56 Å². The Balaban J connectivity index is 3.01. The van der Waals surface area contributed by atoms with Crippen LogP contribution >= 0.6 is 0 Å². The van der Waals surface area contributed by atoms with Gasteiger partial charge in [-0.3, -0.25) is 14.9 Å². The Morgan fingerprint density at radius 1 is 1.59 bits per heavy atom. The number of carbonyl (C=O) groups excluding carboxylic acids is 1. The summed E-state index contributed by atoms with van der Waals surface area (Å²) in [5.74, 6) is -0.482. The number of amides is 1. The van der Waals surface area contributed by atoms with Gasteiger partial charge in [0.2, 0.25) is 5.91 Å². The second kappa shape index (κ2) is 5.42. The third-order valence-corrected chi connectivity index (χ3v) is 1.97. The zero-order chi connectivity index (χ0) is 12.8. The minimum Gasteiger partial charge on any atom is -0.369 e. The van der Waals surface area contributed by atoms with Gasteiger partial charge in [0.15, 0.2) is 0 Å². The predicted molar refractivity (Wildman–Crippen MR) is 60.7 cm³/mol. The Morgan fingerprint density at radius 2 is 2.29 bits per heavy atom. The molecule has 0 aliphatic carbocycles. The smallest absolute Gasteiger partial charge is 0.287 e. The highest BCUT2D eigenvalue weighted by atomic mass is 16.6. The second-order valence-corrected chi connectivity index (χ2v) is 3.22. The van der Waals surface area contributed by atoms with Crippen molar-refractivity contribution in [3.8, 4) is 6.07 Å². The molecule has 1 aromatic carbocycles. The number of nitro benzene ring substituents is 1. The number of carbonyl (C=O) groups is 1. The number of rotatable bonds is 4. The maximum absolute atomic E-state index is 10.7. The summed E-state index contributed by atoms with van der Waals surface area (Å²) in [6.07, 6.45) is 3.11. The fraction of sp³-hybridized carbons (Fsp3) is 0.0909. The van der Waals surface area contributed by atoms with E-state index in [2.05, 4.69) is 0 Å². The third kappa shape index (κ3) is 3.43. The van der Waals surface area contributed by atoms with Crippen LogP contribution in [-0.4, -0.2) is 10.8 Å². The molecule has 0 unspecified atom stereocenters. The van der Waals surface area contributed by atoms with Crippen LogP contribution in [0, 0.1) is 21.4 Å². The first-order chi connectivity index (χ1) is 8.04. The van der Waals surface area contributed by atoms with Crippen LogP contribution in [0.15, 0.2) is 24.3 Å². The molecule has 0 radical (unpaired) electrons. The number of nitriles is 1. The van der Waals surface area contributed by atoms with E-state index in [9.17, 15) is 14.9 Å². The summed E-state index contributed by atoms with van der Waals surface area (Å²) in [5, 5.41) is 19.3. The van der Waals surface area contributed by atoms with Crippen molar-refractivity contribution in [3.05, 3.63) is 45.5 Å². The topological polar surface area (TPSA) is 110 Å². The molecule has 6 heteroatoms. The largest absolute Gasteiger partial charge is 0.369 e. The van der Waals surface area contributed by atoms with E-state index >= 15 is 0 Å². The van der Waals surface area contributed by atoms with E-state index < -0.39 is 10.8 Å². The number of nitrogens with two attached hydrogens (primary N) is 1. The van der Waals surface area contributed by atoms with Crippen LogP contribution in [0.3, 0.4) is 0 Å². The zero-order valence-electron chi connectivity index (χ0n) is 8.79. The van der Waals surface area contributed by atoms with Crippen molar-refractivity contribution in [2.45, 2.75) is 6.42 Å². The lowest BCUT2D eigenvalue weighted by Crippen LogP contribution is -2.07. The molecule has 0 saturated carbocycles. The van der Waals surface area contributed by atoms with Crippen molar-refractivity contribution in [3.63, 3.8) is 0 Å². The maximum atomic E-state index is 10.7. The van der Waals surface area contributed by atoms with Crippen LogP contribution < -0.4 is 5.73 Å². The fourth-order valence-corrected chi connectivity index (χ4v) is 1.21. The minimum atomic E-state index is -0.621. The summed E-state index contributed by atoms with van der Waals surface area (Å²) in [4.78, 5) is 20.5. The molecule has 0 aromatic heterocycles. The van der Waals surface area contributed by atoms with E-state index in [0.717, 1.165) is 0 Å². The Hall–Kier alpha value is -2.68. The summed E-state index contributed by atoms with van der Waals surface area (Å²) in [6, 6.07) is 5.93. The maximum Gasteiger partial charge on any atom is 0.287 e. The van der Waals surface area contributed by atoms with Crippen LogP contribution in [0.5, 0.6) is 0 Å². The van der Waals surface area contributed by atoms with E-state index in [1.54, 1.807) is 18.2 Å². The first kappa shape index (κ1) is 12.4. The Labute approximate surface area is 97.1 Å². The number of benzene rings is 1. The molecule has 0 saturated heterocycles. The Morgan fingerprint density at radius 3 is 2.82 bits per heavy atom. The molecular weight excluding hydrogens is 222 g/mol. The molecule has 2 N–H and O–H groups in total. The molecule has 6 nitrogen and oxygen atoms in total. The quantitative estimate of drug-likeness (QED) is 0.622. The standard InChI is InChI=1S/C11H9N3O3/c12-7-9-5-4-8(2-1-3-11(13)15)6-10(9)14(16)17/h1-2,4-6H,3H2,(H2,13,15). The van der Waals surface area contributed by atoms with Crippen molar-refractivity contribution in [2.24, 2.45) is 5.73 Å². The molecule has 0 aliphatic rings. The lowest BCUT2D eigenvalue weighted by molar-refractivity contribution is -0.385. The van der Waals surface area contributed by atoms with Crippen LogP contribution in [0.1, 0.15) is 17.5 Å². The van der Waals surface area contributed by atoms with Crippen molar-refractivity contribution < 1.29 is 9.72 Å². The summed E-state index contributed by atoms with van der Waals surface area (Å²) < 4.78 is 0. The molecule has 1 aromatic rings. The Kier molecular flexibility index (Phi) is 3.95. The lowest BCUT2D eigenvalue weighted by Gasteiger charge is -1.96. The number of hydrogen-bond acceptors (Lipinski definition) is 4. The van der Waals surface area contributed by atoms with Gasteiger partial charge in [-0.1, -0.05) is 18.2 Å². The van der Waals surface area contributed by atoms with E-state index in [4.69, 9.17) is 11.0 Å². The number of hydrogen-bond donors (Lipinski definition) is 1. The molecule has 0 fully saturated rings. The highest BCUT2D eigenvalue weighted by molar-refractivity contribution is 5.76. The molecular formula is C11H9N3O3. The Bertz CT molecular complexity index is 529. The van der Waals surface area contributed by atoms with E-state index in [1.165, 1.54) is 18.2 Å². The van der Waals surface area contributed by atoms with Gasteiger partial charge in [0, 0.05) is 12.5 Å². The van der Waals surface area contributed by atoms with Crippen LogP contribution in [0.2, 0.25) is 0 Å². The number of primary amides is 1. The van der Waals surface area contributed by atoms with Gasteiger partial charge in [-0.05, 0) is 11.6 Å². The summed E-state index contributed by atoms with van der Waals surface area (Å²) in [7, 11) is 0. The lowest BCUT2D eigenvalue weighted by atomic mass is 10.1. The normalized spacial score (nSPS) is 10.1. The first-order valence-electron chi connectivity index (χ1n) is 4.68. The van der Waals surface area contributed by atoms with Crippen LogP contribution in [0.25, 0.3) is 6.08 Å². The highest BCUT2D eigenvalue weighted by Gasteiger charge is 2.12. The second-order valence-electron chi connectivity index (χ2n) is 3.22. The van der Waals surface area contributed by atoms with Gasteiger partial charge in [0.05, 0.1) is 4.92 Å². The van der Waals surface area contributed by atoms with E-state index in [1.807, 2.05) is 0 Å². The molecule has 0 heterocycles. The average Bonchev–Trinajstić information content (AvgIpc) is 2.28. The SMILES string of the molecule is N#Cc1ccc(C=CCC(N)=O)cc1[N+](=O)[O-]. The monoisotopic (exact) mass is 231 g/mol. The van der Waals surface area contributed by atoms with Gasteiger partial charge in [-0.2, -0.15) is 5.26 Å². The van der Waals surface area contributed by atoms with Gasteiger partial charge in [-0.15, -0.1) is 0 Å². The zero-order valence-corrected chi connectivity index (χ0v) is 8.79. The summed E-state index contributed by atoms with van der Waals surface area (Å²) >= 11 is 0. The van der Waals surface area contributed by atoms with Crippen molar-refractivity contribution in [2.75, 3.05) is 0 Å². The van der Waals surface area contributed by atoms with Gasteiger partial charge in [-0.25, -0.2) is 0 Å². The molecule has 0 bridgehead atoms. The molecule has 1 rings (SSSR count). The van der Waals surface area contributed by atoms with Crippen molar-refractivity contribution in [1.82, 2.24) is 0 Å². The number of nitrogens with zero attached hydrogens (tertiary/aromatic N) is 2. The summed E-state index contributed by atoms with van der Waals surface area (Å²) in [6.45, 7) is 0. The van der Waals surface area contributed by atoms with Gasteiger partial charge in [0.25, 0.3) is 5.69 Å². The fourth-order valence-electron chi connectivity index (χ4n) is 1.21. The van der Waals surface area contributed by atoms with E-state index in [-0.39, 0.29) is 17.7 Å². The van der Waals surface area contributed by atoms with Crippen LogP contribution in [-0.2, 0) is 4.79 Å². The van der Waals surface area contributed by atoms with Gasteiger partial charge in [0.1, 0.15) is 11.6 Å². The molecule has 1 amide bonds. The van der Waals surface area contributed by atoms with Gasteiger partial charge < -0.3 is 5.73 Å². The number of nitro groups is 1. The minimum absolute atomic E-state index is 0.00190. The molecule has 17 heavy (non-hydrogen) atoms. The van der Waals surface area contributed by atoms with Gasteiger partial charge >= 0.3 is 0 Å². The van der Waals surface area contributed by atoms with Crippen molar-refractivity contribution in [1.29, 1.82) is 5.26 Å². The average molecular weight is 231 g/mol. The predicted octanol–water partition coefficient (Wildman–Crippen LogP) is 1.36. The highest BCUT2D eigenvalue weighted by Crippen LogP contribution is 2.20. The first-order valence-corrected chi connectivity index (χ1v) is 4.68. The molecule has 86 valence electrons. The third-order valence-electron chi connectivity index (χ3n) is 1.97. The van der Waals surface area contributed by atoms with Crippen LogP contribution in [0.4, 0.5) is 5.69 Å². The van der Waals surface area contributed by atoms with Crippen molar-refractivity contribution >= 4 is 17.7 Å². The molecule has 0 atom stereocenters. The summed E-state index contributed by atoms with van der Waals surface area (Å²) in [5.41, 5.74) is 5.22. The molecule has 0 aliphatic heterocycles.